The van der Waals surface area contributed by atoms with Gasteiger partial charge >= 0.3 is 0 Å². The summed E-state index contributed by atoms with van der Waals surface area (Å²) in [6, 6.07) is 19.1. The van der Waals surface area contributed by atoms with Gasteiger partial charge < -0.3 is 4.42 Å². The fourth-order valence-electron chi connectivity index (χ4n) is 2.81. The average molecular weight is 278 g/mol. The van der Waals surface area contributed by atoms with Crippen LogP contribution in [0.4, 0.5) is 0 Å². The van der Waals surface area contributed by atoms with Crippen LogP contribution >= 0.6 is 0 Å². The standard InChI is InChI=1S/C20H22O/c1-2-3-4-8-13-18-15-17-12-9-14-19(20(17)21-18)16-10-6-5-7-11-16/h5-7,9-12,14-15H,2-4,8,13H2,1H3. The van der Waals surface area contributed by atoms with E-state index in [0.717, 1.165) is 17.8 Å². The lowest BCUT2D eigenvalue weighted by Gasteiger charge is -2.02. The van der Waals surface area contributed by atoms with Crippen LogP contribution in [-0.4, -0.2) is 0 Å². The molecule has 0 radical (unpaired) electrons. The predicted octanol–water partition coefficient (Wildman–Crippen LogP) is 6.22. The van der Waals surface area contributed by atoms with E-state index in [1.165, 1.54) is 42.2 Å². The first kappa shape index (κ1) is 13.9. The number of fused-ring (bicyclic) bond motifs is 1. The van der Waals surface area contributed by atoms with Gasteiger partial charge in [0, 0.05) is 17.4 Å². The van der Waals surface area contributed by atoms with Crippen molar-refractivity contribution in [3.05, 3.63) is 60.4 Å². The van der Waals surface area contributed by atoms with Gasteiger partial charge in [-0.3, -0.25) is 0 Å². The fourth-order valence-corrected chi connectivity index (χ4v) is 2.81. The third-order valence-corrected chi connectivity index (χ3v) is 3.96. The summed E-state index contributed by atoms with van der Waals surface area (Å²) in [7, 11) is 0. The van der Waals surface area contributed by atoms with Crippen molar-refractivity contribution < 1.29 is 4.42 Å². The Labute approximate surface area is 126 Å². The summed E-state index contributed by atoms with van der Waals surface area (Å²) in [4.78, 5) is 0. The molecule has 0 aliphatic rings. The summed E-state index contributed by atoms with van der Waals surface area (Å²) in [5, 5.41) is 1.21. The molecule has 0 amide bonds. The number of benzene rings is 2. The van der Waals surface area contributed by atoms with Crippen LogP contribution < -0.4 is 0 Å². The largest absolute Gasteiger partial charge is 0.460 e. The quantitative estimate of drug-likeness (QED) is 0.488. The smallest absolute Gasteiger partial charge is 0.142 e. The third kappa shape index (κ3) is 3.18. The van der Waals surface area contributed by atoms with Crippen molar-refractivity contribution in [2.45, 2.75) is 39.0 Å². The molecule has 1 heterocycles. The fraction of sp³-hybridized carbons (Fsp3) is 0.300. The average Bonchev–Trinajstić information content (AvgIpc) is 2.95. The van der Waals surface area contributed by atoms with Crippen LogP contribution in [0.25, 0.3) is 22.1 Å². The summed E-state index contributed by atoms with van der Waals surface area (Å²) >= 11 is 0. The van der Waals surface area contributed by atoms with Gasteiger partial charge in [-0.25, -0.2) is 0 Å². The van der Waals surface area contributed by atoms with Crippen LogP contribution in [-0.2, 0) is 6.42 Å². The highest BCUT2D eigenvalue weighted by atomic mass is 16.3. The summed E-state index contributed by atoms with van der Waals surface area (Å²) in [6.45, 7) is 2.24. The zero-order valence-corrected chi connectivity index (χ0v) is 12.6. The highest BCUT2D eigenvalue weighted by molar-refractivity contribution is 5.92. The Morgan fingerprint density at radius 3 is 2.52 bits per heavy atom. The van der Waals surface area contributed by atoms with Crippen LogP contribution in [0.1, 0.15) is 38.4 Å². The molecule has 0 unspecified atom stereocenters. The molecule has 0 fully saturated rings. The summed E-state index contributed by atoms with van der Waals surface area (Å²) in [6.07, 6.45) is 6.14. The van der Waals surface area contributed by atoms with Gasteiger partial charge in [0.15, 0.2) is 0 Å². The van der Waals surface area contributed by atoms with E-state index in [1.807, 2.05) is 6.07 Å². The number of para-hydroxylation sites is 1. The number of hydrogen-bond donors (Lipinski definition) is 0. The zero-order valence-electron chi connectivity index (χ0n) is 12.6. The van der Waals surface area contributed by atoms with Crippen molar-refractivity contribution in [2.75, 3.05) is 0 Å². The van der Waals surface area contributed by atoms with E-state index in [9.17, 15) is 0 Å². The van der Waals surface area contributed by atoms with Crippen LogP contribution in [0.2, 0.25) is 0 Å². The maximum absolute atomic E-state index is 6.13. The lowest BCUT2D eigenvalue weighted by atomic mass is 10.0. The number of rotatable bonds is 6. The van der Waals surface area contributed by atoms with Crippen LogP contribution in [0.15, 0.2) is 59.0 Å². The second-order valence-electron chi connectivity index (χ2n) is 5.61. The van der Waals surface area contributed by atoms with E-state index in [1.54, 1.807) is 0 Å². The Morgan fingerprint density at radius 1 is 0.857 bits per heavy atom. The Balaban J connectivity index is 1.87. The van der Waals surface area contributed by atoms with Crippen molar-refractivity contribution in [1.29, 1.82) is 0 Å². The second kappa shape index (κ2) is 6.62. The SMILES string of the molecule is CCCCCCc1cc2cccc(-c3ccccc3)c2o1. The molecule has 21 heavy (non-hydrogen) atoms. The summed E-state index contributed by atoms with van der Waals surface area (Å²) in [5.41, 5.74) is 3.43. The van der Waals surface area contributed by atoms with E-state index in [0.29, 0.717) is 0 Å². The Bertz CT molecular complexity index is 694. The number of unbranched alkanes of at least 4 members (excludes halogenated alkanes) is 3. The molecule has 0 bridgehead atoms. The number of furan rings is 1. The topological polar surface area (TPSA) is 13.1 Å². The normalized spacial score (nSPS) is 11.1. The van der Waals surface area contributed by atoms with E-state index in [4.69, 9.17) is 4.42 Å². The Hall–Kier alpha value is -2.02. The molecule has 3 rings (SSSR count). The molecule has 0 saturated heterocycles. The van der Waals surface area contributed by atoms with Crippen molar-refractivity contribution in [3.63, 3.8) is 0 Å². The Kier molecular flexibility index (Phi) is 4.40. The van der Waals surface area contributed by atoms with Crippen molar-refractivity contribution in [2.24, 2.45) is 0 Å². The molecule has 1 heteroatoms. The first-order valence-corrected chi connectivity index (χ1v) is 7.95. The maximum atomic E-state index is 6.13. The molecular formula is C20H22O. The van der Waals surface area contributed by atoms with Gasteiger partial charge in [-0.05, 0) is 18.1 Å². The first-order valence-electron chi connectivity index (χ1n) is 7.95. The van der Waals surface area contributed by atoms with E-state index >= 15 is 0 Å². The molecule has 1 nitrogen and oxygen atoms in total. The minimum Gasteiger partial charge on any atom is -0.460 e. The van der Waals surface area contributed by atoms with E-state index < -0.39 is 0 Å². The van der Waals surface area contributed by atoms with Gasteiger partial charge in [0.25, 0.3) is 0 Å². The molecule has 108 valence electrons. The molecule has 0 spiro atoms. The third-order valence-electron chi connectivity index (χ3n) is 3.96. The van der Waals surface area contributed by atoms with Crippen molar-refractivity contribution in [3.8, 4) is 11.1 Å². The Morgan fingerprint density at radius 2 is 1.71 bits per heavy atom. The molecule has 0 aliphatic carbocycles. The minimum absolute atomic E-state index is 1.02. The predicted molar refractivity (Wildman–Crippen MR) is 89.5 cm³/mol. The molecule has 1 aromatic heterocycles. The molecule has 0 saturated carbocycles. The lowest BCUT2D eigenvalue weighted by molar-refractivity contribution is 0.528. The van der Waals surface area contributed by atoms with Crippen LogP contribution in [0.5, 0.6) is 0 Å². The van der Waals surface area contributed by atoms with E-state index in [2.05, 4.69) is 55.5 Å². The first-order chi connectivity index (χ1) is 10.4. The summed E-state index contributed by atoms with van der Waals surface area (Å²) in [5.74, 6) is 1.12. The zero-order chi connectivity index (χ0) is 14.5. The van der Waals surface area contributed by atoms with Gasteiger partial charge in [0.1, 0.15) is 11.3 Å². The van der Waals surface area contributed by atoms with Crippen molar-refractivity contribution >= 4 is 11.0 Å². The van der Waals surface area contributed by atoms with Gasteiger partial charge in [-0.15, -0.1) is 0 Å². The molecule has 0 aliphatic heterocycles. The molecule has 0 N–H and O–H groups in total. The molecule has 0 atom stereocenters. The number of aryl methyl sites for hydroxylation is 1. The number of hydrogen-bond acceptors (Lipinski definition) is 1. The molecular weight excluding hydrogens is 256 g/mol. The van der Waals surface area contributed by atoms with Crippen LogP contribution in [0, 0.1) is 0 Å². The van der Waals surface area contributed by atoms with E-state index in [-0.39, 0.29) is 0 Å². The van der Waals surface area contributed by atoms with Gasteiger partial charge in [-0.2, -0.15) is 0 Å². The van der Waals surface area contributed by atoms with Crippen LogP contribution in [0.3, 0.4) is 0 Å². The van der Waals surface area contributed by atoms with Gasteiger partial charge in [0.2, 0.25) is 0 Å². The maximum Gasteiger partial charge on any atom is 0.142 e. The molecule has 2 aromatic carbocycles. The highest BCUT2D eigenvalue weighted by Gasteiger charge is 2.09. The second-order valence-corrected chi connectivity index (χ2v) is 5.61. The molecule has 3 aromatic rings. The van der Waals surface area contributed by atoms with Gasteiger partial charge in [0.05, 0.1) is 0 Å². The lowest BCUT2D eigenvalue weighted by Crippen LogP contribution is -1.82. The van der Waals surface area contributed by atoms with Crippen molar-refractivity contribution in [1.82, 2.24) is 0 Å². The minimum atomic E-state index is 1.02. The monoisotopic (exact) mass is 278 g/mol. The highest BCUT2D eigenvalue weighted by Crippen LogP contribution is 2.31. The summed E-state index contributed by atoms with van der Waals surface area (Å²) < 4.78 is 6.13. The van der Waals surface area contributed by atoms with Gasteiger partial charge in [-0.1, -0.05) is 74.7 Å².